The minimum absolute atomic E-state index is 0.131. The van der Waals surface area contributed by atoms with Crippen molar-refractivity contribution in [3.05, 3.63) is 46.7 Å². The monoisotopic (exact) mass is 431 g/mol. The lowest BCUT2D eigenvalue weighted by Gasteiger charge is -2.35. The second kappa shape index (κ2) is 8.65. The second-order valence-electron chi connectivity index (χ2n) is 7.95. The maximum absolute atomic E-state index is 12.6. The first kappa shape index (κ1) is 20.7. The standard InChI is InChI=1S/C21H26ClN5O3/c1-15-3-2-7-26(15)19-13-17(22)5-4-16(19)14-24-9-11-25(12-10-24)21(30)27-8-6-18(23-27)20(28)29/h4-6,8,13,15H,2-3,7,9-12,14H2,1H3,(H,28,29)/t15-/m0/s1. The van der Waals surface area contributed by atoms with Crippen LogP contribution in [0.25, 0.3) is 0 Å². The van der Waals surface area contributed by atoms with E-state index in [1.165, 1.54) is 36.4 Å². The minimum Gasteiger partial charge on any atom is -0.476 e. The fourth-order valence-electron chi connectivity index (χ4n) is 4.26. The molecule has 8 nitrogen and oxygen atoms in total. The average Bonchev–Trinajstić information content (AvgIpc) is 3.39. The van der Waals surface area contributed by atoms with Crippen molar-refractivity contribution < 1.29 is 14.7 Å². The summed E-state index contributed by atoms with van der Waals surface area (Å²) in [6.45, 7) is 6.76. The van der Waals surface area contributed by atoms with Gasteiger partial charge in [0.05, 0.1) is 0 Å². The maximum Gasteiger partial charge on any atom is 0.356 e. The van der Waals surface area contributed by atoms with E-state index in [9.17, 15) is 9.59 Å². The van der Waals surface area contributed by atoms with Gasteiger partial charge in [0.2, 0.25) is 0 Å². The number of benzene rings is 1. The molecule has 3 heterocycles. The van der Waals surface area contributed by atoms with Crippen molar-refractivity contribution in [3.8, 4) is 0 Å². The number of nitrogens with zero attached hydrogens (tertiary/aromatic N) is 5. The van der Waals surface area contributed by atoms with Crippen LogP contribution in [0.2, 0.25) is 5.02 Å². The lowest BCUT2D eigenvalue weighted by atomic mass is 10.1. The van der Waals surface area contributed by atoms with Gasteiger partial charge in [0.15, 0.2) is 5.69 Å². The van der Waals surface area contributed by atoms with Gasteiger partial charge in [0, 0.05) is 62.2 Å². The van der Waals surface area contributed by atoms with Crippen LogP contribution in [-0.4, -0.2) is 75.5 Å². The number of anilines is 1. The highest BCUT2D eigenvalue weighted by Crippen LogP contribution is 2.32. The van der Waals surface area contributed by atoms with E-state index >= 15 is 0 Å². The normalized spacial score (nSPS) is 20.0. The van der Waals surface area contributed by atoms with Gasteiger partial charge in [-0.05, 0) is 43.5 Å². The number of rotatable bonds is 4. The number of carbonyl (C=O) groups is 2. The van der Waals surface area contributed by atoms with E-state index in [0.29, 0.717) is 19.1 Å². The molecule has 160 valence electrons. The van der Waals surface area contributed by atoms with Gasteiger partial charge in [-0.25, -0.2) is 9.59 Å². The molecule has 0 unspecified atom stereocenters. The van der Waals surface area contributed by atoms with Crippen LogP contribution in [0.3, 0.4) is 0 Å². The predicted molar refractivity (Wildman–Crippen MR) is 114 cm³/mol. The van der Waals surface area contributed by atoms with Crippen molar-refractivity contribution >= 4 is 29.3 Å². The molecule has 30 heavy (non-hydrogen) atoms. The Hall–Kier alpha value is -2.58. The van der Waals surface area contributed by atoms with Gasteiger partial charge in [0.25, 0.3) is 0 Å². The summed E-state index contributed by atoms with van der Waals surface area (Å²) in [6, 6.07) is 7.67. The van der Waals surface area contributed by atoms with Crippen LogP contribution >= 0.6 is 11.6 Å². The van der Waals surface area contributed by atoms with Crippen LogP contribution in [0, 0.1) is 0 Å². The Morgan fingerprint density at radius 3 is 2.57 bits per heavy atom. The zero-order valence-corrected chi connectivity index (χ0v) is 17.8. The summed E-state index contributed by atoms with van der Waals surface area (Å²) in [7, 11) is 0. The molecule has 9 heteroatoms. The molecule has 0 saturated carbocycles. The summed E-state index contributed by atoms with van der Waals surface area (Å²) in [5, 5.41) is 13.6. The van der Waals surface area contributed by atoms with Gasteiger partial charge in [-0.3, -0.25) is 4.90 Å². The van der Waals surface area contributed by atoms with Crippen molar-refractivity contribution in [1.29, 1.82) is 0 Å². The SMILES string of the molecule is C[C@H]1CCCN1c1cc(Cl)ccc1CN1CCN(C(=O)n2ccc(C(=O)O)n2)CC1. The van der Waals surface area contributed by atoms with E-state index in [1.54, 1.807) is 4.90 Å². The van der Waals surface area contributed by atoms with Crippen LogP contribution in [-0.2, 0) is 6.54 Å². The van der Waals surface area contributed by atoms with E-state index in [1.807, 2.05) is 6.07 Å². The first-order valence-electron chi connectivity index (χ1n) is 10.3. The molecule has 4 rings (SSSR count). The van der Waals surface area contributed by atoms with Crippen molar-refractivity contribution in [2.75, 3.05) is 37.6 Å². The fourth-order valence-corrected chi connectivity index (χ4v) is 4.42. The number of carboxylic acid groups (broad SMARTS) is 1. The Bertz CT molecular complexity index is 938. The van der Waals surface area contributed by atoms with Gasteiger partial charge in [-0.2, -0.15) is 9.78 Å². The summed E-state index contributed by atoms with van der Waals surface area (Å²) in [6.07, 6.45) is 3.80. The molecule has 2 aliphatic heterocycles. The highest BCUT2D eigenvalue weighted by Gasteiger charge is 2.26. The van der Waals surface area contributed by atoms with Gasteiger partial charge >= 0.3 is 12.0 Å². The largest absolute Gasteiger partial charge is 0.476 e. The van der Waals surface area contributed by atoms with E-state index < -0.39 is 5.97 Å². The molecule has 0 spiro atoms. The molecular weight excluding hydrogens is 406 g/mol. The van der Waals surface area contributed by atoms with E-state index in [-0.39, 0.29) is 11.7 Å². The molecule has 0 radical (unpaired) electrons. The number of halogens is 1. The number of amides is 1. The number of aromatic carboxylic acids is 1. The molecule has 2 aliphatic rings. The molecule has 0 bridgehead atoms. The van der Waals surface area contributed by atoms with E-state index in [2.05, 4.69) is 34.0 Å². The number of hydrogen-bond acceptors (Lipinski definition) is 5. The zero-order valence-electron chi connectivity index (χ0n) is 17.0. The first-order chi connectivity index (χ1) is 14.4. The quantitative estimate of drug-likeness (QED) is 0.801. The molecule has 1 atom stereocenters. The lowest BCUT2D eigenvalue weighted by molar-refractivity contribution is 0.0689. The third-order valence-electron chi connectivity index (χ3n) is 5.95. The summed E-state index contributed by atoms with van der Waals surface area (Å²) < 4.78 is 1.10. The maximum atomic E-state index is 12.6. The Morgan fingerprint density at radius 2 is 1.93 bits per heavy atom. The number of aromatic nitrogens is 2. The molecule has 2 fully saturated rings. The highest BCUT2D eigenvalue weighted by atomic mass is 35.5. The number of hydrogen-bond donors (Lipinski definition) is 1. The average molecular weight is 432 g/mol. The second-order valence-corrected chi connectivity index (χ2v) is 8.39. The highest BCUT2D eigenvalue weighted by molar-refractivity contribution is 6.30. The van der Waals surface area contributed by atoms with Crippen molar-refractivity contribution in [2.45, 2.75) is 32.4 Å². The molecular formula is C21H26ClN5O3. The Labute approximate surface area is 180 Å². The fraction of sp³-hybridized carbons (Fsp3) is 0.476. The molecule has 2 aromatic rings. The predicted octanol–water partition coefficient (Wildman–Crippen LogP) is 3.01. The molecule has 1 amide bonds. The molecule has 1 N–H and O–H groups in total. The zero-order chi connectivity index (χ0) is 21.3. The smallest absolute Gasteiger partial charge is 0.356 e. The molecule has 2 saturated heterocycles. The summed E-state index contributed by atoms with van der Waals surface area (Å²) in [5.41, 5.74) is 2.34. The van der Waals surface area contributed by atoms with Crippen LogP contribution in [0.4, 0.5) is 10.5 Å². The van der Waals surface area contributed by atoms with E-state index in [0.717, 1.165) is 35.9 Å². The van der Waals surface area contributed by atoms with Crippen LogP contribution in [0.15, 0.2) is 30.5 Å². The number of piperazine rings is 1. The van der Waals surface area contributed by atoms with Gasteiger partial charge in [0.1, 0.15) is 0 Å². The Morgan fingerprint density at radius 1 is 1.17 bits per heavy atom. The summed E-state index contributed by atoms with van der Waals surface area (Å²) in [4.78, 5) is 30.1. The summed E-state index contributed by atoms with van der Waals surface area (Å²) in [5.74, 6) is -1.14. The van der Waals surface area contributed by atoms with Gasteiger partial charge in [-0.1, -0.05) is 17.7 Å². The topological polar surface area (TPSA) is 81.9 Å². The Balaban J connectivity index is 1.39. The van der Waals surface area contributed by atoms with Crippen LogP contribution < -0.4 is 4.90 Å². The minimum atomic E-state index is -1.14. The summed E-state index contributed by atoms with van der Waals surface area (Å²) >= 11 is 6.29. The first-order valence-corrected chi connectivity index (χ1v) is 10.7. The van der Waals surface area contributed by atoms with Gasteiger partial charge in [-0.15, -0.1) is 0 Å². The van der Waals surface area contributed by atoms with Crippen LogP contribution in [0.5, 0.6) is 0 Å². The number of carboxylic acids is 1. The lowest BCUT2D eigenvalue weighted by Crippen LogP contribution is -2.49. The van der Waals surface area contributed by atoms with Gasteiger partial charge < -0.3 is 14.9 Å². The van der Waals surface area contributed by atoms with Crippen molar-refractivity contribution in [1.82, 2.24) is 19.6 Å². The molecule has 0 aliphatic carbocycles. The van der Waals surface area contributed by atoms with Crippen molar-refractivity contribution in [2.24, 2.45) is 0 Å². The van der Waals surface area contributed by atoms with E-state index in [4.69, 9.17) is 16.7 Å². The third kappa shape index (κ3) is 4.29. The molecule has 1 aromatic heterocycles. The Kier molecular flexibility index (Phi) is 5.97. The molecule has 1 aromatic carbocycles. The van der Waals surface area contributed by atoms with Crippen LogP contribution in [0.1, 0.15) is 35.8 Å². The third-order valence-corrected chi connectivity index (χ3v) is 6.19. The van der Waals surface area contributed by atoms with Crippen molar-refractivity contribution in [3.63, 3.8) is 0 Å². The number of carbonyl (C=O) groups excluding carboxylic acids is 1.